The molecule has 0 radical (unpaired) electrons. The number of morpholine rings is 1. The molecule has 10 nitrogen and oxygen atoms in total. The number of aromatic nitrogens is 3. The molecule has 4 aliphatic heterocycles. The number of amides is 1. The molecular formula is C34H34ClFN6O4. The Morgan fingerprint density at radius 1 is 1.13 bits per heavy atom. The van der Waals surface area contributed by atoms with Crippen molar-refractivity contribution in [2.45, 2.75) is 30.6 Å². The minimum atomic E-state index is -0.583. The zero-order valence-electron chi connectivity index (χ0n) is 25.5. The van der Waals surface area contributed by atoms with Gasteiger partial charge >= 0.3 is 6.01 Å². The summed E-state index contributed by atoms with van der Waals surface area (Å²) in [6.07, 6.45) is 8.13. The molecule has 2 unspecified atom stereocenters. The van der Waals surface area contributed by atoms with E-state index >= 15 is 4.39 Å². The molecule has 4 fully saturated rings. The third kappa shape index (κ3) is 5.06. The Hall–Kier alpha value is -3.90. The van der Waals surface area contributed by atoms with Gasteiger partial charge in [0.1, 0.15) is 22.6 Å². The molecule has 4 saturated heterocycles. The first-order chi connectivity index (χ1) is 22.4. The molecule has 12 heteroatoms. The summed E-state index contributed by atoms with van der Waals surface area (Å²) < 4.78 is 33.5. The van der Waals surface area contributed by atoms with E-state index in [1.807, 2.05) is 35.2 Å². The molecule has 4 aromatic rings. The van der Waals surface area contributed by atoms with Crippen LogP contribution in [0.3, 0.4) is 0 Å². The molecule has 2 atom stereocenters. The summed E-state index contributed by atoms with van der Waals surface area (Å²) in [5.41, 5.74) is 0.309. The lowest BCUT2D eigenvalue weighted by Crippen LogP contribution is -2.72. The number of rotatable bonds is 6. The van der Waals surface area contributed by atoms with E-state index in [1.165, 1.54) is 7.11 Å². The Kier molecular flexibility index (Phi) is 7.51. The monoisotopic (exact) mass is 644 g/mol. The van der Waals surface area contributed by atoms with Gasteiger partial charge in [-0.25, -0.2) is 4.39 Å². The Bertz CT molecular complexity index is 1850. The summed E-state index contributed by atoms with van der Waals surface area (Å²) in [5, 5.41) is 2.58. The molecule has 2 bridgehead atoms. The van der Waals surface area contributed by atoms with Crippen LogP contribution in [0, 0.1) is 5.82 Å². The summed E-state index contributed by atoms with van der Waals surface area (Å²) in [7, 11) is 1.46. The first-order valence-corrected chi connectivity index (χ1v) is 16.1. The fraction of sp³-hybridized carbons (Fsp3) is 0.412. The van der Waals surface area contributed by atoms with Gasteiger partial charge in [0, 0.05) is 67.5 Å². The number of hydrogen-bond acceptors (Lipinski definition) is 9. The van der Waals surface area contributed by atoms with Crippen molar-refractivity contribution in [3.63, 3.8) is 0 Å². The normalized spacial score (nSPS) is 22.7. The molecule has 1 amide bonds. The van der Waals surface area contributed by atoms with Gasteiger partial charge in [0.25, 0.3) is 0 Å². The molecular weight excluding hydrogens is 611 g/mol. The van der Waals surface area contributed by atoms with Gasteiger partial charge in [0.15, 0.2) is 5.82 Å². The lowest BCUT2D eigenvalue weighted by Gasteiger charge is -2.55. The number of pyridine rings is 1. The van der Waals surface area contributed by atoms with Crippen molar-refractivity contribution in [3.05, 3.63) is 65.6 Å². The number of hydrogen-bond donors (Lipinski definition) is 0. The lowest BCUT2D eigenvalue weighted by atomic mass is 9.91. The van der Waals surface area contributed by atoms with Crippen LogP contribution in [-0.2, 0) is 14.3 Å². The Balaban J connectivity index is 1.07. The van der Waals surface area contributed by atoms with Crippen molar-refractivity contribution >= 4 is 45.0 Å². The van der Waals surface area contributed by atoms with Gasteiger partial charge < -0.3 is 24.0 Å². The van der Waals surface area contributed by atoms with E-state index in [0.29, 0.717) is 66.8 Å². The standard InChI is InChI=1S/C34H34ClFN6O4/c1-44-33-38-31-25(15-37-30(29(31)36)24-7-2-5-21-6-3-8-26(35)28(21)24)32(39-33)41-13-14-42(34(18-41)19-45-20-34)27(43)9-4-12-40-16-22-10-11-23(17-40)46-22/h2-9,15,22-23H,10-14,16-20H2,1H3/b9-4+. The maximum Gasteiger partial charge on any atom is 0.318 e. The number of benzene rings is 2. The van der Waals surface area contributed by atoms with Crippen molar-refractivity contribution in [3.8, 4) is 17.3 Å². The molecule has 2 aromatic carbocycles. The van der Waals surface area contributed by atoms with Crippen molar-refractivity contribution < 1.29 is 23.4 Å². The molecule has 2 aromatic heterocycles. The third-order valence-electron chi connectivity index (χ3n) is 9.64. The number of carbonyl (C=O) groups excluding carboxylic acids is 1. The third-order valence-corrected chi connectivity index (χ3v) is 9.95. The van der Waals surface area contributed by atoms with Crippen LogP contribution in [0.5, 0.6) is 6.01 Å². The van der Waals surface area contributed by atoms with Crippen molar-refractivity contribution in [2.75, 3.05) is 64.5 Å². The van der Waals surface area contributed by atoms with Crippen LogP contribution >= 0.6 is 11.6 Å². The Labute approximate surface area is 270 Å². The van der Waals surface area contributed by atoms with Gasteiger partial charge in [-0.15, -0.1) is 0 Å². The van der Waals surface area contributed by atoms with E-state index < -0.39 is 11.4 Å². The minimum absolute atomic E-state index is 0.0320. The maximum absolute atomic E-state index is 16.4. The maximum atomic E-state index is 16.4. The van der Waals surface area contributed by atoms with Gasteiger partial charge in [-0.3, -0.25) is 14.7 Å². The second-order valence-electron chi connectivity index (χ2n) is 12.6. The van der Waals surface area contributed by atoms with Gasteiger partial charge in [0.2, 0.25) is 5.91 Å². The zero-order chi connectivity index (χ0) is 31.4. The van der Waals surface area contributed by atoms with E-state index in [4.69, 9.17) is 25.8 Å². The smallest absolute Gasteiger partial charge is 0.318 e. The second kappa shape index (κ2) is 11.7. The summed E-state index contributed by atoms with van der Waals surface area (Å²) >= 11 is 6.56. The number of anilines is 1. The number of ether oxygens (including phenoxy) is 3. The van der Waals surface area contributed by atoms with Gasteiger partial charge in [0.05, 0.1) is 37.9 Å². The fourth-order valence-corrected chi connectivity index (χ4v) is 7.65. The highest BCUT2D eigenvalue weighted by Gasteiger charge is 2.50. The van der Waals surface area contributed by atoms with Crippen LogP contribution in [0.1, 0.15) is 12.8 Å². The molecule has 0 aliphatic carbocycles. The van der Waals surface area contributed by atoms with E-state index in [-0.39, 0.29) is 23.1 Å². The fourth-order valence-electron chi connectivity index (χ4n) is 7.36. The van der Waals surface area contributed by atoms with E-state index in [2.05, 4.69) is 24.8 Å². The zero-order valence-corrected chi connectivity index (χ0v) is 26.3. The molecule has 0 saturated carbocycles. The number of carbonyl (C=O) groups is 1. The summed E-state index contributed by atoms with van der Waals surface area (Å²) in [6.45, 7) is 4.79. The Morgan fingerprint density at radius 3 is 2.65 bits per heavy atom. The number of halogens is 2. The van der Waals surface area contributed by atoms with Crippen molar-refractivity contribution in [1.82, 2.24) is 24.8 Å². The van der Waals surface area contributed by atoms with E-state index in [0.717, 1.165) is 43.2 Å². The molecule has 8 rings (SSSR count). The van der Waals surface area contributed by atoms with Crippen LogP contribution in [0.2, 0.25) is 5.02 Å². The second-order valence-corrected chi connectivity index (χ2v) is 13.0. The van der Waals surface area contributed by atoms with Gasteiger partial charge in [-0.2, -0.15) is 9.97 Å². The number of methoxy groups -OCH3 is 1. The van der Waals surface area contributed by atoms with E-state index in [1.54, 1.807) is 24.4 Å². The SMILES string of the molecule is COc1nc(N2CCN(C(=O)/C=C/CN3CC4CCC(C3)O4)C3(COC3)C2)c2cnc(-c3cccc4cccc(Cl)c34)c(F)c2n1. The van der Waals surface area contributed by atoms with Crippen LogP contribution in [-0.4, -0.2) is 108 Å². The van der Waals surface area contributed by atoms with Crippen LogP contribution in [0.25, 0.3) is 32.9 Å². The first kappa shape index (κ1) is 29.5. The van der Waals surface area contributed by atoms with Gasteiger partial charge in [-0.05, 0) is 24.3 Å². The molecule has 4 aliphatic rings. The summed E-state index contributed by atoms with van der Waals surface area (Å²) in [6, 6.07) is 11.2. The predicted molar refractivity (Wildman–Crippen MR) is 173 cm³/mol. The van der Waals surface area contributed by atoms with Crippen LogP contribution in [0.15, 0.2) is 54.7 Å². The summed E-state index contributed by atoms with van der Waals surface area (Å²) in [4.78, 5) is 33.5. The number of piperazine rings is 1. The van der Waals surface area contributed by atoms with Gasteiger partial charge in [-0.1, -0.05) is 48.0 Å². The first-order valence-electron chi connectivity index (χ1n) is 15.7. The average Bonchev–Trinajstić information content (AvgIpc) is 3.40. The number of fused-ring (bicyclic) bond motifs is 4. The highest BCUT2D eigenvalue weighted by molar-refractivity contribution is 6.36. The van der Waals surface area contributed by atoms with Crippen LogP contribution < -0.4 is 9.64 Å². The number of nitrogens with zero attached hydrogens (tertiary/aromatic N) is 6. The van der Waals surface area contributed by atoms with Crippen LogP contribution in [0.4, 0.5) is 10.2 Å². The topological polar surface area (TPSA) is 93.2 Å². The molecule has 46 heavy (non-hydrogen) atoms. The quantitative estimate of drug-likeness (QED) is 0.282. The molecule has 238 valence electrons. The molecule has 0 N–H and O–H groups in total. The molecule has 6 heterocycles. The van der Waals surface area contributed by atoms with Crippen molar-refractivity contribution in [1.29, 1.82) is 0 Å². The summed E-state index contributed by atoms with van der Waals surface area (Å²) in [5.74, 6) is -0.109. The Morgan fingerprint density at radius 2 is 1.91 bits per heavy atom. The predicted octanol–water partition coefficient (Wildman–Crippen LogP) is 4.48. The average molecular weight is 645 g/mol. The van der Waals surface area contributed by atoms with E-state index in [9.17, 15) is 4.79 Å². The van der Waals surface area contributed by atoms with Crippen molar-refractivity contribution in [2.24, 2.45) is 0 Å². The highest BCUT2D eigenvalue weighted by atomic mass is 35.5. The molecule has 1 spiro atoms. The highest BCUT2D eigenvalue weighted by Crippen LogP contribution is 2.39. The largest absolute Gasteiger partial charge is 0.467 e. The minimum Gasteiger partial charge on any atom is -0.467 e. The lowest BCUT2D eigenvalue weighted by molar-refractivity contribution is -0.164. The number of likely N-dealkylation sites (tertiary alicyclic amines) is 1.